The zero-order valence-corrected chi connectivity index (χ0v) is 15.2. The van der Waals surface area contributed by atoms with Crippen molar-refractivity contribution in [3.8, 4) is 0 Å². The fourth-order valence-electron chi connectivity index (χ4n) is 4.07. The number of nitrogens with one attached hydrogen (secondary N) is 2. The van der Waals surface area contributed by atoms with Gasteiger partial charge in [-0.2, -0.15) is 0 Å². The highest BCUT2D eigenvalue weighted by Crippen LogP contribution is 2.28. The van der Waals surface area contributed by atoms with Crippen LogP contribution in [0.25, 0.3) is 32.4 Å². The van der Waals surface area contributed by atoms with Crippen molar-refractivity contribution in [2.75, 3.05) is 6.54 Å². The lowest BCUT2D eigenvalue weighted by Gasteiger charge is -2.12. The van der Waals surface area contributed by atoms with Crippen LogP contribution in [0.3, 0.4) is 0 Å². The van der Waals surface area contributed by atoms with Gasteiger partial charge in [0.2, 0.25) is 0 Å². The number of para-hydroxylation sites is 1. The number of benzene rings is 4. The van der Waals surface area contributed by atoms with Gasteiger partial charge in [0.05, 0.1) is 0 Å². The second-order valence-electron chi connectivity index (χ2n) is 7.08. The summed E-state index contributed by atoms with van der Waals surface area (Å²) in [5, 5.41) is 10.3. The molecule has 5 aromatic rings. The summed E-state index contributed by atoms with van der Waals surface area (Å²) in [6.07, 6.45) is 3.16. The molecule has 1 heterocycles. The Hall–Kier alpha value is -3.10. The average Bonchev–Trinajstić information content (AvgIpc) is 3.13. The lowest BCUT2D eigenvalue weighted by molar-refractivity contribution is 0.694. The highest BCUT2D eigenvalue weighted by Gasteiger charge is 2.07. The fraction of sp³-hybridized carbons (Fsp3) is 0.120. The molecule has 0 aliphatic heterocycles. The van der Waals surface area contributed by atoms with Crippen LogP contribution in [0, 0.1) is 0 Å². The fourth-order valence-corrected chi connectivity index (χ4v) is 4.07. The lowest BCUT2D eigenvalue weighted by atomic mass is 9.97. The van der Waals surface area contributed by atoms with Gasteiger partial charge in [-0.1, -0.05) is 66.7 Å². The molecule has 1 aromatic heterocycles. The molecule has 2 nitrogen and oxygen atoms in total. The second kappa shape index (κ2) is 6.90. The third-order valence-corrected chi connectivity index (χ3v) is 5.43. The maximum Gasteiger partial charge on any atom is 0.0456 e. The standard InChI is InChI=1S/C25H22N2/c1-3-9-21-18(7-1)15-19-8-2-4-10-22(19)24(21)17-26-14-13-20-16-27-25-12-6-5-11-23(20)25/h1-12,15-16,26-27H,13-14,17H2. The normalized spacial score (nSPS) is 11.6. The molecule has 0 aliphatic rings. The van der Waals surface area contributed by atoms with E-state index in [9.17, 15) is 0 Å². The molecule has 2 N–H and O–H groups in total. The summed E-state index contributed by atoms with van der Waals surface area (Å²) in [5.74, 6) is 0. The number of aromatic nitrogens is 1. The molecule has 0 spiro atoms. The van der Waals surface area contributed by atoms with Gasteiger partial charge in [0.1, 0.15) is 0 Å². The van der Waals surface area contributed by atoms with E-state index in [1.54, 1.807) is 0 Å². The number of hydrogen-bond donors (Lipinski definition) is 2. The van der Waals surface area contributed by atoms with Crippen LogP contribution in [-0.2, 0) is 13.0 Å². The van der Waals surface area contributed by atoms with Crippen LogP contribution in [0.5, 0.6) is 0 Å². The third kappa shape index (κ3) is 2.98. The van der Waals surface area contributed by atoms with Crippen molar-refractivity contribution >= 4 is 32.4 Å². The van der Waals surface area contributed by atoms with Crippen LogP contribution in [0.4, 0.5) is 0 Å². The maximum absolute atomic E-state index is 3.68. The molecule has 132 valence electrons. The van der Waals surface area contributed by atoms with Crippen LogP contribution >= 0.6 is 0 Å². The van der Waals surface area contributed by atoms with Crippen molar-refractivity contribution in [2.45, 2.75) is 13.0 Å². The summed E-state index contributed by atoms with van der Waals surface area (Å²) in [4.78, 5) is 3.37. The Morgan fingerprint density at radius 3 is 2.07 bits per heavy atom. The molecule has 0 radical (unpaired) electrons. The van der Waals surface area contributed by atoms with Gasteiger partial charge < -0.3 is 10.3 Å². The molecular weight excluding hydrogens is 328 g/mol. The zero-order chi connectivity index (χ0) is 18.1. The number of fused-ring (bicyclic) bond motifs is 3. The minimum absolute atomic E-state index is 0.879. The Labute approximate surface area is 158 Å². The van der Waals surface area contributed by atoms with Crippen LogP contribution < -0.4 is 5.32 Å². The summed E-state index contributed by atoms with van der Waals surface area (Å²) in [5.41, 5.74) is 3.98. The first-order valence-corrected chi connectivity index (χ1v) is 9.55. The Morgan fingerprint density at radius 1 is 0.704 bits per heavy atom. The summed E-state index contributed by atoms with van der Waals surface area (Å²) in [6.45, 7) is 1.84. The number of H-pyrrole nitrogens is 1. The Morgan fingerprint density at radius 2 is 1.33 bits per heavy atom. The first kappa shape index (κ1) is 16.1. The molecule has 5 rings (SSSR count). The highest BCUT2D eigenvalue weighted by molar-refractivity contribution is 6.02. The summed E-state index contributed by atoms with van der Waals surface area (Å²) in [6, 6.07) is 28.2. The van der Waals surface area contributed by atoms with Gasteiger partial charge in [-0.25, -0.2) is 0 Å². The molecule has 0 saturated heterocycles. The van der Waals surface area contributed by atoms with Crippen molar-refractivity contribution in [2.24, 2.45) is 0 Å². The first-order valence-electron chi connectivity index (χ1n) is 9.55. The quantitative estimate of drug-likeness (QED) is 0.304. The van der Waals surface area contributed by atoms with E-state index in [1.165, 1.54) is 43.6 Å². The van der Waals surface area contributed by atoms with Gasteiger partial charge in [-0.15, -0.1) is 0 Å². The SMILES string of the molecule is c1ccc2c(CNCCc3c[nH]c4ccccc34)c3ccccc3cc2c1. The minimum atomic E-state index is 0.879. The number of hydrogen-bond acceptors (Lipinski definition) is 1. The van der Waals surface area contributed by atoms with Crippen molar-refractivity contribution in [1.82, 2.24) is 10.3 Å². The Kier molecular flexibility index (Phi) is 4.11. The largest absolute Gasteiger partial charge is 0.361 e. The van der Waals surface area contributed by atoms with E-state index in [4.69, 9.17) is 0 Å². The first-order chi connectivity index (χ1) is 13.4. The Balaban J connectivity index is 1.39. The smallest absolute Gasteiger partial charge is 0.0456 e. The monoisotopic (exact) mass is 350 g/mol. The predicted octanol–water partition coefficient (Wildman–Crippen LogP) is 5.81. The topological polar surface area (TPSA) is 27.8 Å². The third-order valence-electron chi connectivity index (χ3n) is 5.43. The van der Waals surface area contributed by atoms with Crippen LogP contribution in [0.1, 0.15) is 11.1 Å². The lowest BCUT2D eigenvalue weighted by Crippen LogP contribution is -2.17. The van der Waals surface area contributed by atoms with Gasteiger partial charge in [-0.3, -0.25) is 0 Å². The van der Waals surface area contributed by atoms with Crippen LogP contribution in [-0.4, -0.2) is 11.5 Å². The second-order valence-corrected chi connectivity index (χ2v) is 7.08. The van der Waals surface area contributed by atoms with Gasteiger partial charge in [0, 0.05) is 23.6 Å². The number of rotatable bonds is 5. The number of aromatic amines is 1. The molecule has 0 amide bonds. The molecule has 0 aliphatic carbocycles. The van der Waals surface area contributed by atoms with E-state index >= 15 is 0 Å². The van der Waals surface area contributed by atoms with E-state index in [0.29, 0.717) is 0 Å². The molecule has 2 heteroatoms. The highest BCUT2D eigenvalue weighted by atomic mass is 14.8. The molecule has 27 heavy (non-hydrogen) atoms. The average molecular weight is 350 g/mol. The minimum Gasteiger partial charge on any atom is -0.361 e. The van der Waals surface area contributed by atoms with Crippen molar-refractivity contribution < 1.29 is 0 Å². The summed E-state index contributed by atoms with van der Waals surface area (Å²) < 4.78 is 0. The molecular formula is C25H22N2. The van der Waals surface area contributed by atoms with Crippen LogP contribution in [0.2, 0.25) is 0 Å². The molecule has 4 aromatic carbocycles. The zero-order valence-electron chi connectivity index (χ0n) is 15.2. The van der Waals surface area contributed by atoms with Gasteiger partial charge in [0.15, 0.2) is 0 Å². The van der Waals surface area contributed by atoms with E-state index in [-0.39, 0.29) is 0 Å². The predicted molar refractivity (Wildman–Crippen MR) is 115 cm³/mol. The van der Waals surface area contributed by atoms with Crippen molar-refractivity contribution in [3.05, 3.63) is 96.2 Å². The van der Waals surface area contributed by atoms with Gasteiger partial charge in [-0.05, 0) is 57.8 Å². The van der Waals surface area contributed by atoms with Crippen molar-refractivity contribution in [3.63, 3.8) is 0 Å². The summed E-state index contributed by atoms with van der Waals surface area (Å²) in [7, 11) is 0. The molecule has 0 bridgehead atoms. The maximum atomic E-state index is 3.68. The molecule has 0 saturated carbocycles. The Bertz CT molecular complexity index is 1180. The molecule has 0 unspecified atom stereocenters. The molecule has 0 fully saturated rings. The van der Waals surface area contributed by atoms with E-state index in [0.717, 1.165) is 19.5 Å². The van der Waals surface area contributed by atoms with Crippen molar-refractivity contribution in [1.29, 1.82) is 0 Å². The summed E-state index contributed by atoms with van der Waals surface area (Å²) >= 11 is 0. The van der Waals surface area contributed by atoms with E-state index < -0.39 is 0 Å². The molecule has 0 atom stereocenters. The van der Waals surface area contributed by atoms with Crippen LogP contribution in [0.15, 0.2) is 85.1 Å². The van der Waals surface area contributed by atoms with Gasteiger partial charge in [0.25, 0.3) is 0 Å². The van der Waals surface area contributed by atoms with E-state index in [2.05, 4.69) is 95.4 Å². The van der Waals surface area contributed by atoms with Gasteiger partial charge >= 0.3 is 0 Å². The van der Waals surface area contributed by atoms with E-state index in [1.807, 2.05) is 0 Å².